The molecule has 0 spiro atoms. The lowest BCUT2D eigenvalue weighted by Gasteiger charge is -2.10. The van der Waals surface area contributed by atoms with Crippen molar-refractivity contribution < 1.29 is 0 Å². The Kier molecular flexibility index (Phi) is 4.49. The third kappa shape index (κ3) is 3.06. The van der Waals surface area contributed by atoms with Gasteiger partial charge in [-0.15, -0.1) is 0 Å². The Morgan fingerprint density at radius 1 is 1.38 bits per heavy atom. The zero-order chi connectivity index (χ0) is 12.1. The summed E-state index contributed by atoms with van der Waals surface area (Å²) in [5, 5.41) is 3.18. The number of aromatic nitrogens is 2. The Labute approximate surface area is 94.7 Å². The number of aryl methyl sites for hydroxylation is 1. The molecule has 1 heterocycles. The van der Waals surface area contributed by atoms with Gasteiger partial charge in [-0.3, -0.25) is 9.36 Å². The second kappa shape index (κ2) is 5.65. The van der Waals surface area contributed by atoms with Crippen molar-refractivity contribution in [3.8, 4) is 0 Å². The van der Waals surface area contributed by atoms with E-state index in [0.717, 1.165) is 0 Å². The molecule has 5 nitrogen and oxygen atoms in total. The summed E-state index contributed by atoms with van der Waals surface area (Å²) in [7, 11) is 0. The molecule has 0 unspecified atom stereocenters. The van der Waals surface area contributed by atoms with Gasteiger partial charge in [0.1, 0.15) is 0 Å². The molecule has 1 aromatic heterocycles. The quantitative estimate of drug-likeness (QED) is 0.769. The highest BCUT2D eigenvalue weighted by Crippen LogP contribution is 1.80. The predicted molar refractivity (Wildman–Crippen MR) is 63.8 cm³/mol. The summed E-state index contributed by atoms with van der Waals surface area (Å²) in [6.45, 7) is 7.55. The van der Waals surface area contributed by atoms with Crippen molar-refractivity contribution in [3.05, 3.63) is 33.1 Å². The molecule has 0 aliphatic rings. The second-order valence-electron chi connectivity index (χ2n) is 3.98. The molecule has 5 heteroatoms. The van der Waals surface area contributed by atoms with Crippen LogP contribution in [0.1, 0.15) is 20.8 Å². The normalized spacial score (nSPS) is 11.0. The molecular weight excluding hydrogens is 206 g/mol. The molecule has 0 atom stereocenters. The maximum Gasteiger partial charge on any atom is 0.330 e. The van der Waals surface area contributed by atoms with Gasteiger partial charge in [0, 0.05) is 37.9 Å². The van der Waals surface area contributed by atoms with E-state index in [-0.39, 0.29) is 11.2 Å². The van der Waals surface area contributed by atoms with E-state index in [2.05, 4.69) is 5.32 Å². The van der Waals surface area contributed by atoms with Gasteiger partial charge in [-0.1, -0.05) is 13.8 Å². The minimum absolute atomic E-state index is 0.236. The van der Waals surface area contributed by atoms with Gasteiger partial charge in [0.25, 0.3) is 5.56 Å². The van der Waals surface area contributed by atoms with E-state index in [0.29, 0.717) is 25.7 Å². The summed E-state index contributed by atoms with van der Waals surface area (Å²) >= 11 is 0. The molecule has 0 bridgehead atoms. The topological polar surface area (TPSA) is 56.0 Å². The zero-order valence-corrected chi connectivity index (χ0v) is 10.1. The molecule has 16 heavy (non-hydrogen) atoms. The first-order valence-electron chi connectivity index (χ1n) is 5.60. The highest BCUT2D eigenvalue weighted by Gasteiger charge is 2.03. The first-order valence-corrected chi connectivity index (χ1v) is 5.60. The Balaban J connectivity index is 2.87. The van der Waals surface area contributed by atoms with Gasteiger partial charge < -0.3 is 9.88 Å². The summed E-state index contributed by atoms with van der Waals surface area (Å²) in [5.41, 5.74) is -0.471. The van der Waals surface area contributed by atoms with Gasteiger partial charge >= 0.3 is 5.69 Å². The monoisotopic (exact) mass is 225 g/mol. The lowest BCUT2D eigenvalue weighted by Crippen LogP contribution is -2.41. The first-order chi connectivity index (χ1) is 7.56. The average molecular weight is 225 g/mol. The van der Waals surface area contributed by atoms with Crippen LogP contribution in [0.2, 0.25) is 0 Å². The molecule has 0 aromatic carbocycles. The van der Waals surface area contributed by atoms with Gasteiger partial charge in [-0.2, -0.15) is 0 Å². The number of nitrogens with one attached hydrogen (secondary N) is 1. The fraction of sp³-hybridized carbons (Fsp3) is 0.636. The van der Waals surface area contributed by atoms with Crippen LogP contribution < -0.4 is 16.6 Å². The fourth-order valence-corrected chi connectivity index (χ4v) is 1.47. The molecule has 90 valence electrons. The lowest BCUT2D eigenvalue weighted by atomic mass is 10.4. The molecule has 0 saturated carbocycles. The first kappa shape index (κ1) is 12.7. The van der Waals surface area contributed by atoms with Crippen molar-refractivity contribution in [1.82, 2.24) is 14.5 Å². The van der Waals surface area contributed by atoms with Gasteiger partial charge in [0.15, 0.2) is 0 Å². The molecule has 1 N–H and O–H groups in total. The third-order valence-corrected chi connectivity index (χ3v) is 2.37. The largest absolute Gasteiger partial charge is 0.330 e. The molecule has 0 fully saturated rings. The third-order valence-electron chi connectivity index (χ3n) is 2.37. The molecule has 1 rings (SSSR count). The average Bonchev–Trinajstić information content (AvgIpc) is 2.23. The molecule has 0 aliphatic heterocycles. The molecular formula is C11H19N3O2. The highest BCUT2D eigenvalue weighted by atomic mass is 16.2. The van der Waals surface area contributed by atoms with Crippen LogP contribution in [0, 0.1) is 0 Å². The maximum absolute atomic E-state index is 11.8. The van der Waals surface area contributed by atoms with Crippen LogP contribution in [-0.2, 0) is 13.1 Å². The van der Waals surface area contributed by atoms with Gasteiger partial charge in [0.05, 0.1) is 0 Å². The van der Waals surface area contributed by atoms with Crippen LogP contribution in [0.15, 0.2) is 21.9 Å². The van der Waals surface area contributed by atoms with Gasteiger partial charge in [-0.25, -0.2) is 4.79 Å². The van der Waals surface area contributed by atoms with Gasteiger partial charge in [-0.05, 0) is 6.92 Å². The van der Waals surface area contributed by atoms with Crippen molar-refractivity contribution in [2.24, 2.45) is 0 Å². The van der Waals surface area contributed by atoms with E-state index >= 15 is 0 Å². The van der Waals surface area contributed by atoms with E-state index in [4.69, 9.17) is 0 Å². The van der Waals surface area contributed by atoms with Crippen molar-refractivity contribution in [1.29, 1.82) is 0 Å². The Bertz CT molecular complexity index is 445. The molecule has 0 amide bonds. The van der Waals surface area contributed by atoms with Crippen LogP contribution in [0.4, 0.5) is 0 Å². The maximum atomic E-state index is 11.8. The minimum atomic E-state index is -0.236. The molecule has 0 saturated heterocycles. The van der Waals surface area contributed by atoms with E-state index < -0.39 is 0 Å². The van der Waals surface area contributed by atoms with E-state index in [1.807, 2.05) is 20.8 Å². The summed E-state index contributed by atoms with van der Waals surface area (Å²) in [6.07, 6.45) is 1.54. The van der Waals surface area contributed by atoms with Crippen LogP contribution >= 0.6 is 0 Å². The summed E-state index contributed by atoms with van der Waals surface area (Å²) in [6, 6.07) is 1.79. The summed E-state index contributed by atoms with van der Waals surface area (Å²) in [4.78, 5) is 23.3. The lowest BCUT2D eigenvalue weighted by molar-refractivity contribution is 0.503. The molecule has 0 aliphatic carbocycles. The van der Waals surface area contributed by atoms with Crippen molar-refractivity contribution in [2.75, 3.05) is 6.54 Å². The Hall–Kier alpha value is -1.36. The SMILES string of the molecule is CCn1ccc(=O)n(CCNC(C)C)c1=O. The number of nitrogens with zero attached hydrogens (tertiary/aromatic N) is 2. The molecule has 0 radical (unpaired) electrons. The zero-order valence-electron chi connectivity index (χ0n) is 10.1. The second-order valence-corrected chi connectivity index (χ2v) is 3.98. The van der Waals surface area contributed by atoms with E-state index in [1.54, 1.807) is 0 Å². The van der Waals surface area contributed by atoms with Crippen LogP contribution in [-0.4, -0.2) is 21.7 Å². The standard InChI is InChI=1S/C11H19N3O2/c1-4-13-7-5-10(15)14(11(13)16)8-6-12-9(2)3/h5,7,9,12H,4,6,8H2,1-3H3. The summed E-state index contributed by atoms with van der Waals surface area (Å²) < 4.78 is 2.79. The number of hydrogen-bond donors (Lipinski definition) is 1. The summed E-state index contributed by atoms with van der Waals surface area (Å²) in [5.74, 6) is 0. The van der Waals surface area contributed by atoms with Crippen LogP contribution in [0.5, 0.6) is 0 Å². The van der Waals surface area contributed by atoms with Crippen LogP contribution in [0.25, 0.3) is 0 Å². The molecule has 1 aromatic rings. The minimum Gasteiger partial charge on any atom is -0.313 e. The highest BCUT2D eigenvalue weighted by molar-refractivity contribution is 4.86. The van der Waals surface area contributed by atoms with Crippen LogP contribution in [0.3, 0.4) is 0 Å². The van der Waals surface area contributed by atoms with Crippen molar-refractivity contribution in [2.45, 2.75) is 39.9 Å². The van der Waals surface area contributed by atoms with Crippen molar-refractivity contribution >= 4 is 0 Å². The predicted octanol–water partition coefficient (Wildman–Crippen LogP) is 0.0279. The number of rotatable bonds is 5. The fourth-order valence-electron chi connectivity index (χ4n) is 1.47. The Morgan fingerprint density at radius 3 is 2.62 bits per heavy atom. The van der Waals surface area contributed by atoms with Gasteiger partial charge in [0.2, 0.25) is 0 Å². The Morgan fingerprint density at radius 2 is 2.06 bits per heavy atom. The van der Waals surface area contributed by atoms with E-state index in [9.17, 15) is 9.59 Å². The van der Waals surface area contributed by atoms with Crippen molar-refractivity contribution in [3.63, 3.8) is 0 Å². The van der Waals surface area contributed by atoms with E-state index in [1.165, 1.54) is 21.4 Å². The smallest absolute Gasteiger partial charge is 0.313 e. The number of hydrogen-bond acceptors (Lipinski definition) is 3.